The molecule has 0 aliphatic carbocycles. The van der Waals surface area contributed by atoms with Gasteiger partial charge in [0.05, 0.1) is 11.4 Å². The number of halogens is 2. The summed E-state index contributed by atoms with van der Waals surface area (Å²) in [7, 11) is 1.88. The van der Waals surface area contributed by atoms with Gasteiger partial charge in [-0.3, -0.25) is 4.68 Å². The zero-order valence-electron chi connectivity index (χ0n) is 9.77. The van der Waals surface area contributed by atoms with E-state index in [4.69, 9.17) is 0 Å². The van der Waals surface area contributed by atoms with Crippen molar-refractivity contribution in [2.75, 3.05) is 5.32 Å². The van der Waals surface area contributed by atoms with E-state index in [1.54, 1.807) is 10.7 Å². The van der Waals surface area contributed by atoms with Crippen molar-refractivity contribution < 1.29 is 4.39 Å². The number of anilines is 1. The molecule has 2 rings (SSSR count). The first kappa shape index (κ1) is 13.5. The lowest BCUT2D eigenvalue weighted by molar-refractivity contribution is 0.626. The SMILES string of the molecule is Cc1nn(C)cc1NCc1cccc(F)c1.Cl. The Labute approximate surface area is 106 Å². The summed E-state index contributed by atoms with van der Waals surface area (Å²) in [6.45, 7) is 2.54. The third-order valence-electron chi connectivity index (χ3n) is 2.39. The van der Waals surface area contributed by atoms with E-state index in [-0.39, 0.29) is 18.2 Å². The molecule has 0 unspecified atom stereocenters. The Morgan fingerprint density at radius 3 is 2.76 bits per heavy atom. The molecular weight excluding hydrogens is 241 g/mol. The summed E-state index contributed by atoms with van der Waals surface area (Å²) < 4.78 is 14.7. The summed E-state index contributed by atoms with van der Waals surface area (Å²) in [4.78, 5) is 0. The van der Waals surface area contributed by atoms with Crippen LogP contribution in [-0.2, 0) is 13.6 Å². The van der Waals surface area contributed by atoms with E-state index in [0.717, 1.165) is 16.9 Å². The average Bonchev–Trinajstić information content (AvgIpc) is 2.54. The van der Waals surface area contributed by atoms with Gasteiger partial charge in [-0.25, -0.2) is 4.39 Å². The molecule has 3 nitrogen and oxygen atoms in total. The average molecular weight is 256 g/mol. The number of nitrogens with one attached hydrogen (secondary N) is 1. The van der Waals surface area contributed by atoms with Crippen LogP contribution in [0.25, 0.3) is 0 Å². The Bertz CT molecular complexity index is 496. The van der Waals surface area contributed by atoms with Crippen LogP contribution in [0.1, 0.15) is 11.3 Å². The van der Waals surface area contributed by atoms with Crippen molar-refractivity contribution in [1.82, 2.24) is 9.78 Å². The molecular formula is C12H15ClFN3. The molecule has 0 saturated heterocycles. The largest absolute Gasteiger partial charge is 0.378 e. The lowest BCUT2D eigenvalue weighted by Crippen LogP contribution is -1.99. The van der Waals surface area contributed by atoms with Crippen LogP contribution in [0, 0.1) is 12.7 Å². The van der Waals surface area contributed by atoms with E-state index >= 15 is 0 Å². The number of aromatic nitrogens is 2. The van der Waals surface area contributed by atoms with E-state index in [0.29, 0.717) is 6.54 Å². The van der Waals surface area contributed by atoms with Gasteiger partial charge in [-0.2, -0.15) is 5.10 Å². The Morgan fingerprint density at radius 2 is 2.18 bits per heavy atom. The Kier molecular flexibility index (Phi) is 4.52. The minimum absolute atomic E-state index is 0. The number of benzene rings is 1. The minimum atomic E-state index is -0.206. The van der Waals surface area contributed by atoms with Crippen molar-refractivity contribution in [2.24, 2.45) is 7.05 Å². The van der Waals surface area contributed by atoms with E-state index in [9.17, 15) is 4.39 Å². The van der Waals surface area contributed by atoms with Gasteiger partial charge < -0.3 is 5.32 Å². The molecule has 0 atom stereocenters. The number of aryl methyl sites for hydroxylation is 2. The van der Waals surface area contributed by atoms with Crippen LogP contribution in [0.15, 0.2) is 30.5 Å². The maximum atomic E-state index is 12.9. The Morgan fingerprint density at radius 1 is 1.41 bits per heavy atom. The fourth-order valence-corrected chi connectivity index (χ4v) is 1.62. The number of hydrogen-bond donors (Lipinski definition) is 1. The van der Waals surface area contributed by atoms with Gasteiger partial charge in [0.2, 0.25) is 0 Å². The summed E-state index contributed by atoms with van der Waals surface area (Å²) in [5.41, 5.74) is 2.84. The second-order valence-corrected chi connectivity index (χ2v) is 3.79. The summed E-state index contributed by atoms with van der Waals surface area (Å²) in [5.74, 6) is -0.206. The molecule has 0 aliphatic heterocycles. The summed E-state index contributed by atoms with van der Waals surface area (Å²) >= 11 is 0. The predicted octanol–water partition coefficient (Wildman–Crippen LogP) is 2.90. The number of nitrogens with zero attached hydrogens (tertiary/aromatic N) is 2. The molecule has 1 N–H and O–H groups in total. The molecule has 17 heavy (non-hydrogen) atoms. The van der Waals surface area contributed by atoms with Crippen molar-refractivity contribution in [3.63, 3.8) is 0 Å². The number of rotatable bonds is 3. The lowest BCUT2D eigenvalue weighted by atomic mass is 10.2. The van der Waals surface area contributed by atoms with Crippen LogP contribution in [0.3, 0.4) is 0 Å². The van der Waals surface area contributed by atoms with Gasteiger partial charge in [0.15, 0.2) is 0 Å². The molecule has 0 aliphatic rings. The molecule has 1 aromatic carbocycles. The lowest BCUT2D eigenvalue weighted by Gasteiger charge is -2.04. The molecule has 0 radical (unpaired) electrons. The molecule has 0 bridgehead atoms. The van der Waals surface area contributed by atoms with Crippen molar-refractivity contribution in [3.8, 4) is 0 Å². The van der Waals surface area contributed by atoms with E-state index in [1.807, 2.05) is 26.2 Å². The molecule has 0 saturated carbocycles. The van der Waals surface area contributed by atoms with Gasteiger partial charge in [-0.1, -0.05) is 12.1 Å². The van der Waals surface area contributed by atoms with Gasteiger partial charge in [0.25, 0.3) is 0 Å². The fourth-order valence-electron chi connectivity index (χ4n) is 1.62. The van der Waals surface area contributed by atoms with E-state index < -0.39 is 0 Å². The maximum Gasteiger partial charge on any atom is 0.123 e. The first-order valence-electron chi connectivity index (χ1n) is 5.14. The van der Waals surface area contributed by atoms with Gasteiger partial charge in [-0.15, -0.1) is 12.4 Å². The fraction of sp³-hybridized carbons (Fsp3) is 0.250. The van der Waals surface area contributed by atoms with Crippen LogP contribution < -0.4 is 5.32 Å². The Hall–Kier alpha value is -1.55. The first-order chi connectivity index (χ1) is 7.65. The van der Waals surface area contributed by atoms with Crippen molar-refractivity contribution in [1.29, 1.82) is 0 Å². The summed E-state index contributed by atoms with van der Waals surface area (Å²) in [6.07, 6.45) is 1.91. The molecule has 5 heteroatoms. The quantitative estimate of drug-likeness (QED) is 0.914. The van der Waals surface area contributed by atoms with E-state index in [1.165, 1.54) is 12.1 Å². The second-order valence-electron chi connectivity index (χ2n) is 3.79. The maximum absolute atomic E-state index is 12.9. The highest BCUT2D eigenvalue weighted by molar-refractivity contribution is 5.85. The van der Waals surface area contributed by atoms with Crippen molar-refractivity contribution in [2.45, 2.75) is 13.5 Å². The van der Waals surface area contributed by atoms with Crippen LogP contribution >= 0.6 is 12.4 Å². The van der Waals surface area contributed by atoms with Crippen LogP contribution in [0.5, 0.6) is 0 Å². The van der Waals surface area contributed by atoms with Crippen LogP contribution in [0.4, 0.5) is 10.1 Å². The minimum Gasteiger partial charge on any atom is -0.378 e. The molecule has 92 valence electrons. The second kappa shape index (κ2) is 5.68. The highest BCUT2D eigenvalue weighted by atomic mass is 35.5. The zero-order chi connectivity index (χ0) is 11.5. The Balaban J connectivity index is 0.00000144. The first-order valence-corrected chi connectivity index (χ1v) is 5.14. The van der Waals surface area contributed by atoms with Crippen LogP contribution in [0.2, 0.25) is 0 Å². The van der Waals surface area contributed by atoms with Gasteiger partial charge in [0.1, 0.15) is 5.82 Å². The molecule has 0 amide bonds. The molecule has 0 fully saturated rings. The molecule has 2 aromatic rings. The van der Waals surface area contributed by atoms with Crippen LogP contribution in [-0.4, -0.2) is 9.78 Å². The molecule has 0 spiro atoms. The van der Waals surface area contributed by atoms with Crippen molar-refractivity contribution in [3.05, 3.63) is 47.5 Å². The summed E-state index contributed by atoms with van der Waals surface area (Å²) in [5, 5.41) is 7.45. The normalized spacial score (nSPS) is 9.82. The molecule has 1 heterocycles. The third-order valence-corrected chi connectivity index (χ3v) is 2.39. The highest BCUT2D eigenvalue weighted by Crippen LogP contribution is 2.13. The standard InChI is InChI=1S/C12H14FN3.ClH/c1-9-12(8-16(2)15-9)14-7-10-4-3-5-11(13)6-10;/h3-6,8,14H,7H2,1-2H3;1H. The van der Waals surface area contributed by atoms with Crippen molar-refractivity contribution >= 4 is 18.1 Å². The van der Waals surface area contributed by atoms with Gasteiger partial charge >= 0.3 is 0 Å². The van der Waals surface area contributed by atoms with E-state index in [2.05, 4.69) is 10.4 Å². The monoisotopic (exact) mass is 255 g/mol. The smallest absolute Gasteiger partial charge is 0.123 e. The van der Waals surface area contributed by atoms with Gasteiger partial charge in [0, 0.05) is 19.8 Å². The number of hydrogen-bond acceptors (Lipinski definition) is 2. The predicted molar refractivity (Wildman–Crippen MR) is 68.9 cm³/mol. The topological polar surface area (TPSA) is 29.9 Å². The molecule has 1 aromatic heterocycles. The summed E-state index contributed by atoms with van der Waals surface area (Å²) in [6, 6.07) is 6.57. The van der Waals surface area contributed by atoms with Gasteiger partial charge in [-0.05, 0) is 24.6 Å². The highest BCUT2D eigenvalue weighted by Gasteiger charge is 2.02. The zero-order valence-corrected chi connectivity index (χ0v) is 10.6. The third kappa shape index (κ3) is 3.46.